The van der Waals surface area contributed by atoms with Gasteiger partial charge in [0.15, 0.2) is 0 Å². The van der Waals surface area contributed by atoms with Crippen LogP contribution in [-0.2, 0) is 25.8 Å². The van der Waals surface area contributed by atoms with Gasteiger partial charge in [0.2, 0.25) is 0 Å². The highest BCUT2D eigenvalue weighted by Crippen LogP contribution is 2.30. The number of piperidine rings is 1. The van der Waals surface area contributed by atoms with Crippen LogP contribution in [0.25, 0.3) is 0 Å². The Balaban J connectivity index is 1.24. The number of nitrogens with zero attached hydrogens (tertiary/aromatic N) is 4. The number of hydrogen-bond acceptors (Lipinski definition) is 6. The molecule has 0 saturated carbocycles. The first-order chi connectivity index (χ1) is 17.1. The summed E-state index contributed by atoms with van der Waals surface area (Å²) in [5.74, 6) is 0.197. The molecule has 1 N–H and O–H groups in total. The summed E-state index contributed by atoms with van der Waals surface area (Å²) in [5, 5.41) is 1.41. The smallest absolute Gasteiger partial charge is 0.435 e. The number of benzene rings is 1. The van der Waals surface area contributed by atoms with Gasteiger partial charge in [-0.1, -0.05) is 30.3 Å². The van der Waals surface area contributed by atoms with E-state index in [0.717, 1.165) is 5.56 Å². The molecular weight excluding hydrogens is 466 g/mol. The number of carbonyl (C=O) groups is 3. The van der Waals surface area contributed by atoms with Crippen molar-refractivity contribution in [2.45, 2.75) is 77.4 Å². The molecule has 36 heavy (non-hydrogen) atoms. The molecule has 0 radical (unpaired) electrons. The molecule has 0 unspecified atom stereocenters. The third-order valence-electron chi connectivity index (χ3n) is 6.41. The fourth-order valence-corrected chi connectivity index (χ4v) is 4.60. The predicted molar refractivity (Wildman–Crippen MR) is 131 cm³/mol. The van der Waals surface area contributed by atoms with Crippen molar-refractivity contribution >= 4 is 23.9 Å². The molecule has 3 saturated heterocycles. The van der Waals surface area contributed by atoms with E-state index in [4.69, 9.17) is 14.4 Å². The van der Waals surface area contributed by atoms with Crippen LogP contribution in [0.5, 0.6) is 0 Å². The van der Waals surface area contributed by atoms with E-state index < -0.39 is 17.7 Å². The van der Waals surface area contributed by atoms with Crippen LogP contribution in [0, 0.1) is 0 Å². The first-order valence-electron chi connectivity index (χ1n) is 12.4. The van der Waals surface area contributed by atoms with Crippen LogP contribution in [0.4, 0.5) is 9.59 Å². The first kappa shape index (κ1) is 25.9. The van der Waals surface area contributed by atoms with Gasteiger partial charge < -0.3 is 14.5 Å². The van der Waals surface area contributed by atoms with Gasteiger partial charge in [-0.05, 0) is 52.5 Å². The Hall–Kier alpha value is -3.18. The zero-order valence-electron chi connectivity index (χ0n) is 21.3. The summed E-state index contributed by atoms with van der Waals surface area (Å²) in [6.07, 6.45) is 0.985. The number of amides is 4. The number of amidine groups is 1. The van der Waals surface area contributed by atoms with E-state index in [-0.39, 0.29) is 24.1 Å². The highest BCUT2D eigenvalue weighted by Gasteiger charge is 2.48. The maximum absolute atomic E-state index is 12.9. The highest BCUT2D eigenvalue weighted by atomic mass is 16.7. The lowest BCUT2D eigenvalue weighted by atomic mass is 10.0. The second-order valence-corrected chi connectivity index (χ2v) is 10.3. The summed E-state index contributed by atoms with van der Waals surface area (Å²) in [5.41, 5.74) is 2.92. The van der Waals surface area contributed by atoms with Gasteiger partial charge >= 0.3 is 12.1 Å². The number of fused-ring (bicyclic) bond motifs is 2. The molecule has 1 aromatic carbocycles. The van der Waals surface area contributed by atoms with Gasteiger partial charge in [-0.3, -0.25) is 14.5 Å². The van der Waals surface area contributed by atoms with Crippen LogP contribution in [0.1, 0.15) is 52.5 Å². The molecule has 3 aliphatic heterocycles. The Morgan fingerprint density at radius 1 is 1.11 bits per heavy atom. The molecule has 3 atom stereocenters. The molecule has 0 aliphatic carbocycles. The van der Waals surface area contributed by atoms with Crippen LogP contribution in [-0.4, -0.2) is 82.2 Å². The molecule has 0 spiro atoms. The molecule has 1 aromatic rings. The number of ether oxygens (including phenoxy) is 1. The van der Waals surface area contributed by atoms with Crippen LogP contribution in [0.15, 0.2) is 35.3 Å². The average molecular weight is 502 g/mol. The summed E-state index contributed by atoms with van der Waals surface area (Å²) in [6, 6.07) is 8.68. The largest absolute Gasteiger partial charge is 0.442 e. The van der Waals surface area contributed by atoms with Gasteiger partial charge in [0.05, 0.1) is 6.04 Å². The number of aliphatic imine (C=N–C) groups is 1. The SMILES string of the molecule is CC(=NC(=O)OC(C)(C)C)N1CC[C@H](ONC(=O)[C@@H]2CC[C@@H]3CN2C(=O)N3OCc2ccccc2)C1. The molecule has 4 rings (SSSR count). The number of likely N-dealkylation sites (tertiary alicyclic amines) is 1. The maximum Gasteiger partial charge on any atom is 0.435 e. The zero-order chi connectivity index (χ0) is 25.9. The van der Waals surface area contributed by atoms with E-state index in [1.807, 2.05) is 35.2 Å². The average Bonchev–Trinajstić information content (AvgIpc) is 3.39. The number of hydrogen-bond donors (Lipinski definition) is 1. The van der Waals surface area contributed by atoms with E-state index >= 15 is 0 Å². The number of nitrogens with one attached hydrogen (secondary N) is 1. The molecule has 3 heterocycles. The summed E-state index contributed by atoms with van der Waals surface area (Å²) < 4.78 is 5.23. The molecule has 4 amide bonds. The highest BCUT2D eigenvalue weighted by molar-refractivity contribution is 5.90. The van der Waals surface area contributed by atoms with E-state index in [1.165, 1.54) is 5.06 Å². The Bertz CT molecular complexity index is 994. The third kappa shape index (κ3) is 6.33. The lowest BCUT2D eigenvalue weighted by Gasteiger charge is -2.29. The van der Waals surface area contributed by atoms with Gasteiger partial charge in [-0.25, -0.2) is 15.1 Å². The van der Waals surface area contributed by atoms with E-state index in [2.05, 4.69) is 10.5 Å². The molecule has 3 aliphatic rings. The van der Waals surface area contributed by atoms with E-state index in [0.29, 0.717) is 51.3 Å². The van der Waals surface area contributed by atoms with Crippen molar-refractivity contribution in [1.29, 1.82) is 0 Å². The molecule has 0 aromatic heterocycles. The lowest BCUT2D eigenvalue weighted by Crippen LogP contribution is -2.50. The van der Waals surface area contributed by atoms with Crippen molar-refractivity contribution in [3.8, 4) is 0 Å². The van der Waals surface area contributed by atoms with Crippen molar-refractivity contribution in [3.05, 3.63) is 35.9 Å². The number of urea groups is 1. The second kappa shape index (κ2) is 10.8. The van der Waals surface area contributed by atoms with Crippen molar-refractivity contribution < 1.29 is 28.8 Å². The third-order valence-corrected chi connectivity index (χ3v) is 6.41. The second-order valence-electron chi connectivity index (χ2n) is 10.3. The maximum atomic E-state index is 12.9. The molecule has 11 heteroatoms. The van der Waals surface area contributed by atoms with Gasteiger partial charge in [0.25, 0.3) is 5.91 Å². The number of carbonyl (C=O) groups excluding carboxylic acids is 3. The monoisotopic (exact) mass is 501 g/mol. The Morgan fingerprint density at radius 3 is 2.58 bits per heavy atom. The lowest BCUT2D eigenvalue weighted by molar-refractivity contribution is -0.143. The van der Waals surface area contributed by atoms with Crippen LogP contribution < -0.4 is 5.48 Å². The fraction of sp³-hybridized carbons (Fsp3) is 0.600. The number of hydroxylamine groups is 3. The Kier molecular flexibility index (Phi) is 7.79. The van der Waals surface area contributed by atoms with Crippen molar-refractivity contribution in [3.63, 3.8) is 0 Å². The van der Waals surface area contributed by atoms with Gasteiger partial charge in [0.1, 0.15) is 30.2 Å². The molecule has 3 fully saturated rings. The fourth-order valence-electron chi connectivity index (χ4n) is 4.60. The topological polar surface area (TPSA) is 113 Å². The summed E-state index contributed by atoms with van der Waals surface area (Å²) in [4.78, 5) is 56.7. The minimum absolute atomic E-state index is 0.0678. The summed E-state index contributed by atoms with van der Waals surface area (Å²) >= 11 is 0. The van der Waals surface area contributed by atoms with Crippen LogP contribution >= 0.6 is 0 Å². The minimum Gasteiger partial charge on any atom is -0.442 e. The predicted octanol–water partition coefficient (Wildman–Crippen LogP) is 2.86. The van der Waals surface area contributed by atoms with Gasteiger partial charge in [-0.2, -0.15) is 10.1 Å². The Labute approximate surface area is 211 Å². The van der Waals surface area contributed by atoms with Crippen molar-refractivity contribution in [1.82, 2.24) is 20.3 Å². The molecule has 2 bridgehead atoms. The van der Waals surface area contributed by atoms with E-state index in [9.17, 15) is 14.4 Å². The summed E-state index contributed by atoms with van der Waals surface area (Å²) in [7, 11) is 0. The first-order valence-corrected chi connectivity index (χ1v) is 12.4. The molecule has 11 nitrogen and oxygen atoms in total. The standard InChI is InChI=1S/C25H35N5O6/c1-17(26-23(32)35-25(2,3)4)28-13-12-20(15-28)36-27-22(31)21-11-10-19-14-29(21)24(33)30(19)34-16-18-8-6-5-7-9-18/h5-9,19-21H,10-16H2,1-4H3,(H,27,31)/t19-,20+,21+/m1/s1. The molecular formula is C25H35N5O6. The van der Waals surface area contributed by atoms with Crippen LogP contribution in [0.3, 0.4) is 0 Å². The minimum atomic E-state index is -0.634. The zero-order valence-corrected chi connectivity index (χ0v) is 21.3. The van der Waals surface area contributed by atoms with Crippen molar-refractivity contribution in [2.24, 2.45) is 4.99 Å². The van der Waals surface area contributed by atoms with Crippen LogP contribution in [0.2, 0.25) is 0 Å². The number of rotatable bonds is 6. The Morgan fingerprint density at radius 2 is 1.86 bits per heavy atom. The molecule has 196 valence electrons. The van der Waals surface area contributed by atoms with Crippen molar-refractivity contribution in [2.75, 3.05) is 19.6 Å². The normalized spacial score (nSPS) is 24.3. The van der Waals surface area contributed by atoms with Gasteiger partial charge in [-0.15, -0.1) is 0 Å². The van der Waals surface area contributed by atoms with Gasteiger partial charge in [0, 0.05) is 19.6 Å². The summed E-state index contributed by atoms with van der Waals surface area (Å²) in [6.45, 7) is 8.97. The van der Waals surface area contributed by atoms with E-state index in [1.54, 1.807) is 32.6 Å². The quantitative estimate of drug-likeness (QED) is 0.362.